The van der Waals surface area contributed by atoms with E-state index in [-0.39, 0.29) is 0 Å². The van der Waals surface area contributed by atoms with E-state index in [1.165, 1.54) is 21.2 Å². The van der Waals surface area contributed by atoms with Gasteiger partial charge in [-0.3, -0.25) is 4.90 Å². The first-order chi connectivity index (χ1) is 9.93. The van der Waals surface area contributed by atoms with E-state index in [0.717, 1.165) is 5.82 Å². The van der Waals surface area contributed by atoms with Crippen molar-refractivity contribution < 1.29 is 0 Å². The number of pyridine rings is 1. The Balaban J connectivity index is 1.98. The average Bonchev–Trinajstić information content (AvgIpc) is 2.53. The zero-order valence-corrected chi connectivity index (χ0v) is 11.5. The molecule has 0 spiro atoms. The third-order valence-corrected chi connectivity index (χ3v) is 4.44. The van der Waals surface area contributed by atoms with Crippen molar-refractivity contribution in [2.24, 2.45) is 0 Å². The molecular formula is C17H12N2S. The van der Waals surface area contributed by atoms with Crippen LogP contribution < -0.4 is 4.90 Å². The van der Waals surface area contributed by atoms with Gasteiger partial charge in [0.15, 0.2) is 0 Å². The number of nitrogens with zero attached hydrogens (tertiary/aromatic N) is 2. The normalized spacial score (nSPS) is 12.7. The first-order valence-corrected chi connectivity index (χ1v) is 7.32. The Morgan fingerprint density at radius 1 is 0.700 bits per heavy atom. The fraction of sp³-hybridized carbons (Fsp3) is 0. The fourth-order valence-corrected chi connectivity index (χ4v) is 3.50. The molecule has 2 nitrogen and oxygen atoms in total. The Bertz CT molecular complexity index is 710. The molecule has 96 valence electrons. The Morgan fingerprint density at radius 2 is 1.30 bits per heavy atom. The third kappa shape index (κ3) is 1.79. The van der Waals surface area contributed by atoms with Crippen LogP contribution in [0.25, 0.3) is 0 Å². The highest BCUT2D eigenvalue weighted by Gasteiger charge is 2.24. The lowest BCUT2D eigenvalue weighted by Crippen LogP contribution is -2.15. The highest BCUT2D eigenvalue weighted by Crippen LogP contribution is 2.50. The summed E-state index contributed by atoms with van der Waals surface area (Å²) in [7, 11) is 0. The minimum Gasteiger partial charge on any atom is -0.293 e. The van der Waals surface area contributed by atoms with Gasteiger partial charge in [0.1, 0.15) is 5.82 Å². The van der Waals surface area contributed by atoms with Crippen LogP contribution in [0.4, 0.5) is 17.2 Å². The minimum atomic E-state index is 0.952. The van der Waals surface area contributed by atoms with Gasteiger partial charge < -0.3 is 0 Å². The molecule has 20 heavy (non-hydrogen) atoms. The van der Waals surface area contributed by atoms with E-state index in [0.29, 0.717) is 0 Å². The molecule has 0 radical (unpaired) electrons. The van der Waals surface area contributed by atoms with Gasteiger partial charge in [0.25, 0.3) is 0 Å². The zero-order chi connectivity index (χ0) is 13.4. The van der Waals surface area contributed by atoms with Crippen molar-refractivity contribution in [1.82, 2.24) is 4.98 Å². The molecule has 1 aliphatic heterocycles. The summed E-state index contributed by atoms with van der Waals surface area (Å²) in [4.78, 5) is 9.26. The summed E-state index contributed by atoms with van der Waals surface area (Å²) in [6.07, 6.45) is 1.84. The van der Waals surface area contributed by atoms with Crippen molar-refractivity contribution in [3.63, 3.8) is 0 Å². The fourth-order valence-electron chi connectivity index (χ4n) is 2.44. The number of fused-ring (bicyclic) bond motifs is 2. The Hall–Kier alpha value is -2.26. The van der Waals surface area contributed by atoms with Crippen molar-refractivity contribution in [2.45, 2.75) is 9.79 Å². The summed E-state index contributed by atoms with van der Waals surface area (Å²) in [5.41, 5.74) is 2.38. The van der Waals surface area contributed by atoms with Gasteiger partial charge in [-0.25, -0.2) is 4.98 Å². The third-order valence-electron chi connectivity index (χ3n) is 3.31. The van der Waals surface area contributed by atoms with Crippen LogP contribution in [0, 0.1) is 0 Å². The van der Waals surface area contributed by atoms with E-state index in [1.807, 2.05) is 36.2 Å². The van der Waals surface area contributed by atoms with E-state index >= 15 is 0 Å². The summed E-state index contributed by atoms with van der Waals surface area (Å²) in [5.74, 6) is 0.952. The summed E-state index contributed by atoms with van der Waals surface area (Å²) in [6, 6.07) is 22.9. The van der Waals surface area contributed by atoms with Crippen molar-refractivity contribution in [2.75, 3.05) is 4.90 Å². The lowest BCUT2D eigenvalue weighted by atomic mass is 10.2. The maximum atomic E-state index is 4.52. The molecule has 2 heterocycles. The van der Waals surface area contributed by atoms with E-state index in [9.17, 15) is 0 Å². The summed E-state index contributed by atoms with van der Waals surface area (Å²) in [5, 5.41) is 0. The van der Waals surface area contributed by atoms with Gasteiger partial charge in [-0.1, -0.05) is 42.1 Å². The molecular weight excluding hydrogens is 264 g/mol. The lowest BCUT2D eigenvalue weighted by molar-refractivity contribution is 1.11. The van der Waals surface area contributed by atoms with Crippen LogP contribution in [-0.4, -0.2) is 4.98 Å². The highest BCUT2D eigenvalue weighted by molar-refractivity contribution is 7.99. The number of anilines is 3. The van der Waals surface area contributed by atoms with Crippen LogP contribution in [0.2, 0.25) is 0 Å². The second-order valence-electron chi connectivity index (χ2n) is 4.56. The van der Waals surface area contributed by atoms with Gasteiger partial charge in [-0.15, -0.1) is 0 Å². The Kier molecular flexibility index (Phi) is 2.71. The molecule has 0 bridgehead atoms. The topological polar surface area (TPSA) is 16.1 Å². The van der Waals surface area contributed by atoms with Crippen LogP contribution in [-0.2, 0) is 0 Å². The molecule has 3 heteroatoms. The zero-order valence-electron chi connectivity index (χ0n) is 10.7. The van der Waals surface area contributed by atoms with Crippen LogP contribution in [0.15, 0.2) is 82.7 Å². The molecule has 0 unspecified atom stereocenters. The van der Waals surface area contributed by atoms with Gasteiger partial charge in [-0.2, -0.15) is 0 Å². The van der Waals surface area contributed by atoms with Crippen LogP contribution in [0.5, 0.6) is 0 Å². The predicted octanol–water partition coefficient (Wildman–Crippen LogP) is 5.02. The highest BCUT2D eigenvalue weighted by atomic mass is 32.2. The van der Waals surface area contributed by atoms with Crippen LogP contribution in [0.1, 0.15) is 0 Å². The lowest BCUT2D eigenvalue weighted by Gasteiger charge is -2.31. The first kappa shape index (κ1) is 11.6. The second-order valence-corrected chi connectivity index (χ2v) is 5.64. The number of aromatic nitrogens is 1. The summed E-state index contributed by atoms with van der Waals surface area (Å²) < 4.78 is 0. The molecule has 1 aliphatic rings. The maximum absolute atomic E-state index is 4.52. The second kappa shape index (κ2) is 4.69. The van der Waals surface area contributed by atoms with Gasteiger partial charge >= 0.3 is 0 Å². The maximum Gasteiger partial charge on any atom is 0.137 e. The first-order valence-electron chi connectivity index (χ1n) is 6.50. The van der Waals surface area contributed by atoms with Crippen LogP contribution in [0.3, 0.4) is 0 Å². The number of benzene rings is 2. The van der Waals surface area contributed by atoms with Gasteiger partial charge in [-0.05, 0) is 36.4 Å². The molecule has 0 saturated heterocycles. The summed E-state index contributed by atoms with van der Waals surface area (Å²) in [6.45, 7) is 0. The molecule has 0 atom stereocenters. The number of hydrogen-bond acceptors (Lipinski definition) is 3. The van der Waals surface area contributed by atoms with E-state index in [4.69, 9.17) is 0 Å². The van der Waals surface area contributed by atoms with Gasteiger partial charge in [0, 0.05) is 16.0 Å². The summed E-state index contributed by atoms with van der Waals surface area (Å²) >= 11 is 1.81. The van der Waals surface area contributed by atoms with Crippen molar-refractivity contribution in [3.05, 3.63) is 72.9 Å². The molecule has 0 aliphatic carbocycles. The smallest absolute Gasteiger partial charge is 0.137 e. The van der Waals surface area contributed by atoms with Crippen LogP contribution >= 0.6 is 11.8 Å². The average molecular weight is 276 g/mol. The standard InChI is InChI=1S/C17H12N2S/c1-3-9-15-13(7-1)19(17-11-5-6-12-18-17)14-8-2-4-10-16(14)20-15/h1-12H. The minimum absolute atomic E-state index is 0.952. The molecule has 0 saturated carbocycles. The van der Waals surface area contributed by atoms with E-state index in [2.05, 4.69) is 58.4 Å². The molecule has 3 aromatic rings. The molecule has 0 N–H and O–H groups in total. The number of rotatable bonds is 1. The molecule has 0 amide bonds. The van der Waals surface area contributed by atoms with E-state index in [1.54, 1.807) is 0 Å². The number of hydrogen-bond donors (Lipinski definition) is 0. The van der Waals surface area contributed by atoms with Crippen molar-refractivity contribution in [1.29, 1.82) is 0 Å². The largest absolute Gasteiger partial charge is 0.293 e. The Morgan fingerprint density at radius 3 is 1.90 bits per heavy atom. The Labute approximate surface area is 122 Å². The SMILES string of the molecule is c1ccc(N2c3ccccc3Sc3ccccc32)nc1. The predicted molar refractivity (Wildman–Crippen MR) is 83.0 cm³/mol. The molecule has 4 rings (SSSR count). The monoisotopic (exact) mass is 276 g/mol. The van der Waals surface area contributed by atoms with E-state index < -0.39 is 0 Å². The quantitative estimate of drug-likeness (QED) is 0.486. The van der Waals surface area contributed by atoms with Crippen molar-refractivity contribution >= 4 is 29.0 Å². The van der Waals surface area contributed by atoms with Crippen molar-refractivity contribution in [3.8, 4) is 0 Å². The van der Waals surface area contributed by atoms with Gasteiger partial charge in [0.05, 0.1) is 11.4 Å². The molecule has 1 aromatic heterocycles. The number of para-hydroxylation sites is 2. The van der Waals surface area contributed by atoms with Gasteiger partial charge in [0.2, 0.25) is 0 Å². The molecule has 0 fully saturated rings. The molecule has 2 aromatic carbocycles.